The van der Waals surface area contributed by atoms with E-state index >= 15 is 0 Å². The second-order valence-corrected chi connectivity index (χ2v) is 10.3. The van der Waals surface area contributed by atoms with Gasteiger partial charge in [-0.2, -0.15) is 0 Å². The van der Waals surface area contributed by atoms with Gasteiger partial charge in [0, 0.05) is 30.9 Å². The Morgan fingerprint density at radius 1 is 0.805 bits per heavy atom. The molecule has 7 heteroatoms. The lowest BCUT2D eigenvalue weighted by molar-refractivity contribution is 0.102. The van der Waals surface area contributed by atoms with E-state index in [9.17, 15) is 9.59 Å². The van der Waals surface area contributed by atoms with Crippen molar-refractivity contribution in [3.63, 3.8) is 0 Å². The van der Waals surface area contributed by atoms with Gasteiger partial charge >= 0.3 is 0 Å². The van der Waals surface area contributed by atoms with Crippen molar-refractivity contribution < 1.29 is 19.1 Å². The van der Waals surface area contributed by atoms with Gasteiger partial charge in [-0.15, -0.1) is 0 Å². The van der Waals surface area contributed by atoms with Crippen molar-refractivity contribution in [2.45, 2.75) is 26.3 Å². The molecule has 1 aliphatic rings. The standard InChI is InChI=1S/C34H35N3O4/c1-23-9-14-29(30(19-23)36-33(38)25-7-5-4-6-8-25)34(39)35-28-12-10-24(11-13-28)15-17-37-18-16-26-20-31(40-2)32(41-3)21-27(26)22-37/h4-14,19-21H,15-18,22H2,1-3H3,(H,35,39)(H,36,38). The fourth-order valence-corrected chi connectivity index (χ4v) is 5.12. The molecule has 7 nitrogen and oxygen atoms in total. The first-order valence-electron chi connectivity index (χ1n) is 13.8. The van der Waals surface area contributed by atoms with Gasteiger partial charge in [-0.3, -0.25) is 14.5 Å². The van der Waals surface area contributed by atoms with Crippen LogP contribution in [0.3, 0.4) is 0 Å². The van der Waals surface area contributed by atoms with Gasteiger partial charge in [0.25, 0.3) is 11.8 Å². The summed E-state index contributed by atoms with van der Waals surface area (Å²) in [6, 6.07) is 26.5. The van der Waals surface area contributed by atoms with Crippen molar-refractivity contribution in [3.05, 3.63) is 118 Å². The first kappa shape index (κ1) is 27.9. The number of hydrogen-bond donors (Lipinski definition) is 2. The molecule has 0 saturated carbocycles. The van der Waals surface area contributed by atoms with Crippen LogP contribution in [0.5, 0.6) is 11.5 Å². The molecule has 0 aromatic heterocycles. The zero-order chi connectivity index (χ0) is 28.8. The zero-order valence-electron chi connectivity index (χ0n) is 23.7. The van der Waals surface area contributed by atoms with Crippen LogP contribution in [0.25, 0.3) is 0 Å². The van der Waals surface area contributed by atoms with E-state index in [1.807, 2.05) is 49.4 Å². The summed E-state index contributed by atoms with van der Waals surface area (Å²) in [5, 5.41) is 5.86. The Morgan fingerprint density at radius 2 is 1.51 bits per heavy atom. The highest BCUT2D eigenvalue weighted by molar-refractivity contribution is 6.12. The van der Waals surface area contributed by atoms with E-state index in [1.54, 1.807) is 32.4 Å². The number of carbonyl (C=O) groups is 2. The van der Waals surface area contributed by atoms with Gasteiger partial charge in [0.05, 0.1) is 25.5 Å². The molecule has 210 valence electrons. The number of amides is 2. The summed E-state index contributed by atoms with van der Waals surface area (Å²) in [5.41, 5.74) is 6.86. The molecule has 0 bridgehead atoms. The maximum atomic E-state index is 13.2. The number of carbonyl (C=O) groups excluding carboxylic acids is 2. The molecule has 1 heterocycles. The highest BCUT2D eigenvalue weighted by Crippen LogP contribution is 2.33. The maximum Gasteiger partial charge on any atom is 0.257 e. The van der Waals surface area contributed by atoms with E-state index < -0.39 is 0 Å². The summed E-state index contributed by atoms with van der Waals surface area (Å²) in [5.74, 6) is 1.01. The van der Waals surface area contributed by atoms with Crippen LogP contribution in [0.1, 0.15) is 43.0 Å². The average Bonchev–Trinajstić information content (AvgIpc) is 3.00. The molecule has 4 aromatic rings. The van der Waals surface area contributed by atoms with Gasteiger partial charge in [-0.1, -0.05) is 36.4 Å². The number of fused-ring (bicyclic) bond motifs is 1. The third kappa shape index (κ3) is 6.76. The second kappa shape index (κ2) is 12.7. The quantitative estimate of drug-likeness (QED) is 0.263. The number of nitrogens with one attached hydrogen (secondary N) is 2. The molecule has 0 fully saturated rings. The summed E-state index contributed by atoms with van der Waals surface area (Å²) in [7, 11) is 3.34. The molecule has 0 saturated heterocycles. The van der Waals surface area contributed by atoms with E-state index in [2.05, 4.69) is 39.8 Å². The first-order chi connectivity index (χ1) is 19.9. The summed E-state index contributed by atoms with van der Waals surface area (Å²) >= 11 is 0. The molecule has 0 spiro atoms. The van der Waals surface area contributed by atoms with Crippen LogP contribution in [-0.4, -0.2) is 44.0 Å². The molecular weight excluding hydrogens is 514 g/mol. The number of rotatable bonds is 9. The smallest absolute Gasteiger partial charge is 0.257 e. The van der Waals surface area contributed by atoms with Crippen LogP contribution in [0.15, 0.2) is 84.9 Å². The Bertz CT molecular complexity index is 1530. The largest absolute Gasteiger partial charge is 0.493 e. The van der Waals surface area contributed by atoms with Crippen LogP contribution >= 0.6 is 0 Å². The van der Waals surface area contributed by atoms with Gasteiger partial charge in [0.15, 0.2) is 11.5 Å². The summed E-state index contributed by atoms with van der Waals surface area (Å²) in [4.78, 5) is 28.4. The monoisotopic (exact) mass is 549 g/mol. The predicted molar refractivity (Wildman–Crippen MR) is 162 cm³/mol. The van der Waals surface area contributed by atoms with Crippen molar-refractivity contribution in [1.29, 1.82) is 0 Å². The number of hydrogen-bond acceptors (Lipinski definition) is 5. The van der Waals surface area contributed by atoms with Crippen molar-refractivity contribution in [1.82, 2.24) is 4.90 Å². The van der Waals surface area contributed by atoms with Crippen LogP contribution in [0, 0.1) is 6.92 Å². The zero-order valence-corrected chi connectivity index (χ0v) is 23.7. The Morgan fingerprint density at radius 3 is 2.22 bits per heavy atom. The molecule has 41 heavy (non-hydrogen) atoms. The Labute approximate surface area is 241 Å². The van der Waals surface area contributed by atoms with E-state index in [0.717, 1.165) is 49.5 Å². The van der Waals surface area contributed by atoms with Crippen molar-refractivity contribution >= 4 is 23.2 Å². The molecule has 0 atom stereocenters. The molecule has 0 radical (unpaired) electrons. The molecule has 1 aliphatic heterocycles. The molecular formula is C34H35N3O4. The molecule has 5 rings (SSSR count). The lowest BCUT2D eigenvalue weighted by Gasteiger charge is -2.29. The number of benzene rings is 4. The van der Waals surface area contributed by atoms with Crippen molar-refractivity contribution in [3.8, 4) is 11.5 Å². The molecule has 0 aliphatic carbocycles. The Kier molecular flexibility index (Phi) is 8.65. The Hall–Kier alpha value is -4.62. The SMILES string of the molecule is COc1cc2c(cc1OC)CN(CCc1ccc(NC(=O)c3ccc(C)cc3NC(=O)c3ccccc3)cc1)CC2. The molecule has 2 N–H and O–H groups in total. The number of aryl methyl sites for hydroxylation is 1. The van der Waals surface area contributed by atoms with Gasteiger partial charge in [0.2, 0.25) is 0 Å². The lowest BCUT2D eigenvalue weighted by Crippen LogP contribution is -2.32. The van der Waals surface area contributed by atoms with E-state index in [-0.39, 0.29) is 11.8 Å². The summed E-state index contributed by atoms with van der Waals surface area (Å²) < 4.78 is 10.9. The maximum absolute atomic E-state index is 13.2. The topological polar surface area (TPSA) is 79.9 Å². The van der Waals surface area contributed by atoms with Gasteiger partial charge < -0.3 is 20.1 Å². The van der Waals surface area contributed by atoms with Crippen LogP contribution < -0.4 is 20.1 Å². The number of anilines is 2. The highest BCUT2D eigenvalue weighted by Gasteiger charge is 2.20. The van der Waals surface area contributed by atoms with Gasteiger partial charge in [-0.25, -0.2) is 0 Å². The number of ether oxygens (including phenoxy) is 2. The minimum atomic E-state index is -0.278. The minimum absolute atomic E-state index is 0.259. The van der Waals surface area contributed by atoms with E-state index in [0.29, 0.717) is 22.5 Å². The highest BCUT2D eigenvalue weighted by atomic mass is 16.5. The van der Waals surface area contributed by atoms with Crippen molar-refractivity contribution in [2.24, 2.45) is 0 Å². The summed E-state index contributed by atoms with van der Waals surface area (Å²) in [6.45, 7) is 4.74. The first-order valence-corrected chi connectivity index (χ1v) is 13.8. The molecule has 0 unspecified atom stereocenters. The average molecular weight is 550 g/mol. The lowest BCUT2D eigenvalue weighted by atomic mass is 9.98. The predicted octanol–water partition coefficient (Wildman–Crippen LogP) is 6.12. The van der Waals surface area contributed by atoms with Gasteiger partial charge in [0.1, 0.15) is 0 Å². The normalized spacial score (nSPS) is 12.8. The van der Waals surface area contributed by atoms with Crippen LogP contribution in [0.2, 0.25) is 0 Å². The number of nitrogens with zero attached hydrogens (tertiary/aromatic N) is 1. The number of methoxy groups -OCH3 is 2. The Balaban J connectivity index is 1.19. The van der Waals surface area contributed by atoms with E-state index in [1.165, 1.54) is 16.7 Å². The molecule has 2 amide bonds. The summed E-state index contributed by atoms with van der Waals surface area (Å²) in [6.07, 6.45) is 1.89. The third-order valence-electron chi connectivity index (χ3n) is 7.43. The van der Waals surface area contributed by atoms with Crippen molar-refractivity contribution in [2.75, 3.05) is 37.9 Å². The van der Waals surface area contributed by atoms with Gasteiger partial charge in [-0.05, 0) is 90.6 Å². The fourth-order valence-electron chi connectivity index (χ4n) is 5.12. The van der Waals surface area contributed by atoms with E-state index in [4.69, 9.17) is 9.47 Å². The second-order valence-electron chi connectivity index (χ2n) is 10.3. The fraction of sp³-hybridized carbons (Fsp3) is 0.235. The molecule has 4 aromatic carbocycles. The minimum Gasteiger partial charge on any atom is -0.493 e. The third-order valence-corrected chi connectivity index (χ3v) is 7.43. The van der Waals surface area contributed by atoms with Crippen LogP contribution in [0.4, 0.5) is 11.4 Å². The van der Waals surface area contributed by atoms with Crippen LogP contribution in [-0.2, 0) is 19.4 Å².